The van der Waals surface area contributed by atoms with Gasteiger partial charge < -0.3 is 10.2 Å². The molecule has 1 heterocycles. The Morgan fingerprint density at radius 3 is 2.68 bits per heavy atom. The highest BCUT2D eigenvalue weighted by Gasteiger charge is 2.34. The third kappa shape index (κ3) is 3.95. The number of hydrogen-bond donors (Lipinski definition) is 1. The minimum atomic E-state index is 0.357. The van der Waals surface area contributed by atoms with E-state index in [-0.39, 0.29) is 0 Å². The molecule has 3 nitrogen and oxygen atoms in total. The quantitative estimate of drug-likeness (QED) is 0.833. The molecule has 2 fully saturated rings. The van der Waals surface area contributed by atoms with Crippen molar-refractivity contribution in [3.05, 3.63) is 0 Å². The minimum absolute atomic E-state index is 0.357. The molecular weight excluding hydrogens is 236 g/mol. The van der Waals surface area contributed by atoms with Crippen molar-refractivity contribution in [3.63, 3.8) is 0 Å². The molecule has 1 aliphatic heterocycles. The van der Waals surface area contributed by atoms with Gasteiger partial charge in [0.25, 0.3) is 0 Å². The lowest BCUT2D eigenvalue weighted by Gasteiger charge is -2.40. The Bertz CT molecular complexity index is 327. The fourth-order valence-electron chi connectivity index (χ4n) is 4.28. The van der Waals surface area contributed by atoms with Crippen LogP contribution in [0.4, 0.5) is 0 Å². The molecule has 110 valence electrons. The zero-order chi connectivity index (χ0) is 14.0. The van der Waals surface area contributed by atoms with Gasteiger partial charge in [-0.1, -0.05) is 20.8 Å². The van der Waals surface area contributed by atoms with Crippen molar-refractivity contribution >= 4 is 5.91 Å². The van der Waals surface area contributed by atoms with Crippen molar-refractivity contribution in [2.45, 2.75) is 59.4 Å². The highest BCUT2D eigenvalue weighted by molar-refractivity contribution is 5.77. The molecule has 2 rings (SSSR count). The normalized spacial score (nSPS) is 35.2. The van der Waals surface area contributed by atoms with Crippen LogP contribution in [0.25, 0.3) is 0 Å². The Kier molecular flexibility index (Phi) is 4.54. The van der Waals surface area contributed by atoms with Gasteiger partial charge in [0.1, 0.15) is 0 Å². The first-order chi connectivity index (χ1) is 8.87. The second-order valence-corrected chi connectivity index (χ2v) is 7.62. The third-order valence-electron chi connectivity index (χ3n) is 4.76. The Balaban J connectivity index is 1.91. The molecule has 3 atom stereocenters. The molecule has 1 aliphatic carbocycles. The van der Waals surface area contributed by atoms with E-state index in [1.54, 1.807) is 0 Å². The average Bonchev–Trinajstić information content (AvgIpc) is 2.26. The third-order valence-corrected chi connectivity index (χ3v) is 4.76. The van der Waals surface area contributed by atoms with Crippen LogP contribution in [-0.2, 0) is 4.79 Å². The Morgan fingerprint density at radius 1 is 1.32 bits per heavy atom. The molecular formula is C16H30N2O. The van der Waals surface area contributed by atoms with Crippen molar-refractivity contribution in [2.75, 3.05) is 19.6 Å². The van der Waals surface area contributed by atoms with Crippen LogP contribution >= 0.6 is 0 Å². The number of carbonyl (C=O) groups excluding carboxylic acids is 1. The topological polar surface area (TPSA) is 32.3 Å². The Labute approximate surface area is 118 Å². The summed E-state index contributed by atoms with van der Waals surface area (Å²) in [5.74, 6) is 1.74. The molecule has 0 aromatic rings. The lowest BCUT2D eigenvalue weighted by atomic mass is 9.67. The number of amides is 1. The largest absolute Gasteiger partial charge is 0.337 e. The predicted octanol–water partition coefficient (Wildman–Crippen LogP) is 2.66. The fraction of sp³-hybridized carbons (Fsp3) is 0.938. The summed E-state index contributed by atoms with van der Waals surface area (Å²) < 4.78 is 0. The first-order valence-electron chi connectivity index (χ1n) is 7.87. The zero-order valence-corrected chi connectivity index (χ0v) is 13.0. The van der Waals surface area contributed by atoms with E-state index in [2.05, 4.69) is 37.9 Å². The van der Waals surface area contributed by atoms with Gasteiger partial charge in [-0.2, -0.15) is 0 Å². The van der Waals surface area contributed by atoms with Gasteiger partial charge in [0, 0.05) is 32.1 Å². The lowest BCUT2D eigenvalue weighted by Crippen LogP contribution is -2.52. The molecule has 1 N–H and O–H groups in total. The SMILES string of the molecule is CC1CC(CC(=O)N2CCNC[C@H]2C)CC(C)(C)C1. The van der Waals surface area contributed by atoms with E-state index in [0.29, 0.717) is 23.3 Å². The minimum Gasteiger partial charge on any atom is -0.337 e. The van der Waals surface area contributed by atoms with E-state index in [0.717, 1.165) is 32.0 Å². The molecule has 3 heteroatoms. The van der Waals surface area contributed by atoms with E-state index in [9.17, 15) is 4.79 Å². The van der Waals surface area contributed by atoms with Gasteiger partial charge in [-0.25, -0.2) is 0 Å². The summed E-state index contributed by atoms with van der Waals surface area (Å²) in [6, 6.07) is 0.357. The van der Waals surface area contributed by atoms with Crippen LogP contribution in [-0.4, -0.2) is 36.5 Å². The van der Waals surface area contributed by atoms with Crippen LogP contribution in [0.5, 0.6) is 0 Å². The summed E-state index contributed by atoms with van der Waals surface area (Å²) in [5.41, 5.74) is 0.414. The van der Waals surface area contributed by atoms with E-state index in [1.807, 2.05) is 0 Å². The summed E-state index contributed by atoms with van der Waals surface area (Å²) >= 11 is 0. The maximum absolute atomic E-state index is 12.5. The average molecular weight is 266 g/mol. The van der Waals surface area contributed by atoms with E-state index in [1.165, 1.54) is 19.3 Å². The van der Waals surface area contributed by atoms with Crippen molar-refractivity contribution in [3.8, 4) is 0 Å². The smallest absolute Gasteiger partial charge is 0.223 e. The zero-order valence-electron chi connectivity index (χ0n) is 13.0. The van der Waals surface area contributed by atoms with Crippen molar-refractivity contribution < 1.29 is 4.79 Å². The highest BCUT2D eigenvalue weighted by Crippen LogP contribution is 2.43. The van der Waals surface area contributed by atoms with Crippen molar-refractivity contribution in [1.82, 2.24) is 10.2 Å². The maximum Gasteiger partial charge on any atom is 0.223 e. The van der Waals surface area contributed by atoms with E-state index >= 15 is 0 Å². The van der Waals surface area contributed by atoms with Gasteiger partial charge in [0.05, 0.1) is 0 Å². The summed E-state index contributed by atoms with van der Waals surface area (Å²) in [6.45, 7) is 12.0. The molecule has 2 aliphatic rings. The summed E-state index contributed by atoms with van der Waals surface area (Å²) in [7, 11) is 0. The first-order valence-corrected chi connectivity index (χ1v) is 7.87. The van der Waals surface area contributed by atoms with Gasteiger partial charge >= 0.3 is 0 Å². The second-order valence-electron chi connectivity index (χ2n) is 7.62. The molecule has 0 radical (unpaired) electrons. The number of carbonyl (C=O) groups is 1. The van der Waals surface area contributed by atoms with Gasteiger partial charge in [-0.3, -0.25) is 4.79 Å². The lowest BCUT2D eigenvalue weighted by molar-refractivity contribution is -0.135. The Hall–Kier alpha value is -0.570. The number of hydrogen-bond acceptors (Lipinski definition) is 2. The standard InChI is InChI=1S/C16H30N2O/c1-12-7-14(10-16(3,4)9-12)8-15(19)18-6-5-17-11-13(18)2/h12-14,17H,5-11H2,1-4H3/t12?,13-,14?/m1/s1. The number of nitrogens with one attached hydrogen (secondary N) is 1. The number of nitrogens with zero attached hydrogens (tertiary/aromatic N) is 1. The van der Waals surface area contributed by atoms with Gasteiger partial charge in [0.15, 0.2) is 0 Å². The molecule has 2 unspecified atom stereocenters. The van der Waals surface area contributed by atoms with Crippen molar-refractivity contribution in [1.29, 1.82) is 0 Å². The molecule has 1 saturated carbocycles. The molecule has 0 aromatic carbocycles. The second kappa shape index (κ2) is 5.82. The van der Waals surface area contributed by atoms with Crippen LogP contribution in [0.1, 0.15) is 53.4 Å². The monoisotopic (exact) mass is 266 g/mol. The van der Waals surface area contributed by atoms with Crippen molar-refractivity contribution in [2.24, 2.45) is 17.3 Å². The van der Waals surface area contributed by atoms with Crippen LogP contribution < -0.4 is 5.32 Å². The van der Waals surface area contributed by atoms with Crippen LogP contribution in [0, 0.1) is 17.3 Å². The fourth-order valence-corrected chi connectivity index (χ4v) is 4.28. The molecule has 0 bridgehead atoms. The summed E-state index contributed by atoms with van der Waals surface area (Å²) in [5, 5.41) is 3.35. The molecule has 1 amide bonds. The summed E-state index contributed by atoms with van der Waals surface area (Å²) in [4.78, 5) is 14.6. The predicted molar refractivity (Wildman–Crippen MR) is 78.9 cm³/mol. The van der Waals surface area contributed by atoms with Gasteiger partial charge in [-0.15, -0.1) is 0 Å². The molecule has 19 heavy (non-hydrogen) atoms. The maximum atomic E-state index is 12.5. The molecule has 0 aromatic heterocycles. The first kappa shape index (κ1) is 14.8. The van der Waals surface area contributed by atoms with Crippen LogP contribution in [0.2, 0.25) is 0 Å². The van der Waals surface area contributed by atoms with Gasteiger partial charge in [-0.05, 0) is 43.4 Å². The molecule has 1 saturated heterocycles. The van der Waals surface area contributed by atoms with E-state index in [4.69, 9.17) is 0 Å². The number of rotatable bonds is 2. The number of piperazine rings is 1. The summed E-state index contributed by atoms with van der Waals surface area (Å²) in [6.07, 6.45) is 4.51. The van der Waals surface area contributed by atoms with Gasteiger partial charge in [0.2, 0.25) is 5.91 Å². The van der Waals surface area contributed by atoms with Crippen LogP contribution in [0.3, 0.4) is 0 Å². The van der Waals surface area contributed by atoms with Crippen LogP contribution in [0.15, 0.2) is 0 Å². The molecule has 0 spiro atoms. The van der Waals surface area contributed by atoms with E-state index < -0.39 is 0 Å². The Morgan fingerprint density at radius 2 is 2.05 bits per heavy atom. The highest BCUT2D eigenvalue weighted by atomic mass is 16.2.